The monoisotopic (exact) mass is 227 g/mol. The Morgan fingerprint density at radius 1 is 1.25 bits per heavy atom. The van der Waals surface area contributed by atoms with E-state index in [2.05, 4.69) is 17.6 Å². The highest BCUT2D eigenvalue weighted by atomic mass is 16.2. The van der Waals surface area contributed by atoms with Crippen molar-refractivity contribution >= 4 is 11.8 Å². The Morgan fingerprint density at radius 2 is 1.88 bits per heavy atom. The molecular formula is C11H21N3O2. The zero-order valence-corrected chi connectivity index (χ0v) is 9.84. The lowest BCUT2D eigenvalue weighted by Crippen LogP contribution is -2.47. The predicted octanol–water partition coefficient (Wildman–Crippen LogP) is -0.242. The number of nitrogens with two attached hydrogens (primary N) is 1. The molecule has 1 aliphatic carbocycles. The van der Waals surface area contributed by atoms with Gasteiger partial charge in [-0.25, -0.2) is 0 Å². The maximum absolute atomic E-state index is 11.4. The van der Waals surface area contributed by atoms with Crippen molar-refractivity contribution in [3.05, 3.63) is 0 Å². The molecule has 5 heteroatoms. The summed E-state index contributed by atoms with van der Waals surface area (Å²) in [4.78, 5) is 22.6. The standard InChI is InChI=1S/C11H21N3O2/c1-2-11(4-3-5-11)8-14-10(16)9(15)13-7-6-12/h2-8,12H2,1H3,(H,13,15)(H,14,16). The molecule has 92 valence electrons. The van der Waals surface area contributed by atoms with Gasteiger partial charge < -0.3 is 16.4 Å². The van der Waals surface area contributed by atoms with Crippen LogP contribution >= 0.6 is 0 Å². The minimum absolute atomic E-state index is 0.240. The predicted molar refractivity (Wildman–Crippen MR) is 61.6 cm³/mol. The maximum atomic E-state index is 11.4. The first-order valence-corrected chi connectivity index (χ1v) is 5.89. The normalized spacial score (nSPS) is 17.4. The highest BCUT2D eigenvalue weighted by molar-refractivity contribution is 6.35. The van der Waals surface area contributed by atoms with Gasteiger partial charge in [0.15, 0.2) is 0 Å². The second kappa shape index (κ2) is 5.84. The minimum atomic E-state index is -0.587. The van der Waals surface area contributed by atoms with Crippen LogP contribution in [-0.2, 0) is 9.59 Å². The Hall–Kier alpha value is -1.10. The molecule has 0 aromatic carbocycles. The minimum Gasteiger partial charge on any atom is -0.347 e. The number of hydrogen-bond donors (Lipinski definition) is 3. The SMILES string of the molecule is CCC1(CNC(=O)C(=O)NCCN)CCC1. The molecule has 0 bridgehead atoms. The Bertz CT molecular complexity index is 256. The Kier molecular flexibility index (Phi) is 4.73. The first kappa shape index (κ1) is 13.0. The number of carbonyl (C=O) groups is 2. The second-order valence-electron chi connectivity index (χ2n) is 4.43. The molecule has 0 unspecified atom stereocenters. The molecule has 0 radical (unpaired) electrons. The number of amides is 2. The van der Waals surface area contributed by atoms with Gasteiger partial charge in [0.25, 0.3) is 0 Å². The summed E-state index contributed by atoms with van der Waals surface area (Å²) in [5.74, 6) is -1.13. The van der Waals surface area contributed by atoms with Crippen LogP contribution in [0.25, 0.3) is 0 Å². The van der Waals surface area contributed by atoms with Gasteiger partial charge in [0.05, 0.1) is 0 Å². The van der Waals surface area contributed by atoms with E-state index in [1.807, 2.05) is 0 Å². The number of nitrogens with one attached hydrogen (secondary N) is 2. The largest absolute Gasteiger partial charge is 0.347 e. The third kappa shape index (κ3) is 3.20. The van der Waals surface area contributed by atoms with Gasteiger partial charge in [0.1, 0.15) is 0 Å². The van der Waals surface area contributed by atoms with E-state index in [0.29, 0.717) is 19.6 Å². The Labute approximate surface area is 96.1 Å². The summed E-state index contributed by atoms with van der Waals surface area (Å²) >= 11 is 0. The van der Waals surface area contributed by atoms with Gasteiger partial charge in [-0.3, -0.25) is 9.59 Å². The zero-order chi connectivity index (χ0) is 12.0. The van der Waals surface area contributed by atoms with Crippen LogP contribution < -0.4 is 16.4 Å². The third-order valence-corrected chi connectivity index (χ3v) is 3.42. The van der Waals surface area contributed by atoms with E-state index in [-0.39, 0.29) is 5.41 Å². The molecule has 5 nitrogen and oxygen atoms in total. The lowest BCUT2D eigenvalue weighted by molar-refractivity contribution is -0.139. The third-order valence-electron chi connectivity index (χ3n) is 3.42. The van der Waals surface area contributed by atoms with Crippen molar-refractivity contribution in [3.8, 4) is 0 Å². The zero-order valence-electron chi connectivity index (χ0n) is 9.84. The fraction of sp³-hybridized carbons (Fsp3) is 0.818. The molecule has 4 N–H and O–H groups in total. The summed E-state index contributed by atoms with van der Waals surface area (Å²) in [6.45, 7) is 3.42. The highest BCUT2D eigenvalue weighted by Gasteiger charge is 2.35. The van der Waals surface area contributed by atoms with Gasteiger partial charge in [-0.05, 0) is 24.7 Å². The molecule has 0 aliphatic heterocycles. The first-order chi connectivity index (χ1) is 7.63. The molecule has 0 aromatic heterocycles. The second-order valence-corrected chi connectivity index (χ2v) is 4.43. The van der Waals surface area contributed by atoms with E-state index in [0.717, 1.165) is 19.3 Å². The lowest BCUT2D eigenvalue weighted by atomic mass is 9.67. The van der Waals surface area contributed by atoms with Crippen molar-refractivity contribution < 1.29 is 9.59 Å². The summed E-state index contributed by atoms with van der Waals surface area (Å²) in [6.07, 6.45) is 4.57. The van der Waals surface area contributed by atoms with Crippen molar-refractivity contribution in [2.75, 3.05) is 19.6 Å². The molecule has 1 rings (SSSR count). The van der Waals surface area contributed by atoms with Gasteiger partial charge in [-0.15, -0.1) is 0 Å². The van der Waals surface area contributed by atoms with Crippen molar-refractivity contribution in [1.29, 1.82) is 0 Å². The van der Waals surface area contributed by atoms with Crippen molar-refractivity contribution in [2.24, 2.45) is 11.1 Å². The van der Waals surface area contributed by atoms with E-state index in [9.17, 15) is 9.59 Å². The summed E-state index contributed by atoms with van der Waals surface area (Å²) in [6, 6.07) is 0. The smallest absolute Gasteiger partial charge is 0.309 e. The summed E-state index contributed by atoms with van der Waals surface area (Å²) in [5.41, 5.74) is 5.47. The van der Waals surface area contributed by atoms with Crippen LogP contribution in [-0.4, -0.2) is 31.4 Å². The van der Waals surface area contributed by atoms with Crippen LogP contribution in [0.5, 0.6) is 0 Å². The molecule has 0 atom stereocenters. The quantitative estimate of drug-likeness (QED) is 0.567. The fourth-order valence-electron chi connectivity index (χ4n) is 1.95. The molecular weight excluding hydrogens is 206 g/mol. The van der Waals surface area contributed by atoms with E-state index in [4.69, 9.17) is 5.73 Å². The van der Waals surface area contributed by atoms with Gasteiger partial charge in [0.2, 0.25) is 0 Å². The topological polar surface area (TPSA) is 84.2 Å². The molecule has 2 amide bonds. The van der Waals surface area contributed by atoms with Crippen molar-refractivity contribution in [3.63, 3.8) is 0 Å². The fourth-order valence-corrected chi connectivity index (χ4v) is 1.95. The number of rotatable bonds is 5. The van der Waals surface area contributed by atoms with Crippen LogP contribution in [0.15, 0.2) is 0 Å². The highest BCUT2D eigenvalue weighted by Crippen LogP contribution is 2.42. The molecule has 0 saturated heterocycles. The summed E-state index contributed by atoms with van der Waals surface area (Å²) in [5, 5.41) is 5.14. The van der Waals surface area contributed by atoms with Crippen LogP contribution in [0, 0.1) is 5.41 Å². The van der Waals surface area contributed by atoms with Gasteiger partial charge in [-0.1, -0.05) is 13.3 Å². The van der Waals surface area contributed by atoms with Crippen molar-refractivity contribution in [2.45, 2.75) is 32.6 Å². The molecule has 16 heavy (non-hydrogen) atoms. The molecule has 1 aliphatic rings. The van der Waals surface area contributed by atoms with Gasteiger partial charge >= 0.3 is 11.8 Å². The van der Waals surface area contributed by atoms with Crippen LogP contribution in [0.1, 0.15) is 32.6 Å². The maximum Gasteiger partial charge on any atom is 0.309 e. The van der Waals surface area contributed by atoms with E-state index >= 15 is 0 Å². The van der Waals surface area contributed by atoms with Gasteiger partial charge in [0, 0.05) is 19.6 Å². The summed E-state index contributed by atoms with van der Waals surface area (Å²) in [7, 11) is 0. The van der Waals surface area contributed by atoms with Crippen LogP contribution in [0.3, 0.4) is 0 Å². The molecule has 1 saturated carbocycles. The Morgan fingerprint density at radius 3 is 2.31 bits per heavy atom. The number of carbonyl (C=O) groups excluding carboxylic acids is 2. The lowest BCUT2D eigenvalue weighted by Gasteiger charge is -2.41. The van der Waals surface area contributed by atoms with Crippen LogP contribution in [0.4, 0.5) is 0 Å². The average molecular weight is 227 g/mol. The van der Waals surface area contributed by atoms with Crippen LogP contribution in [0.2, 0.25) is 0 Å². The van der Waals surface area contributed by atoms with E-state index in [1.165, 1.54) is 6.42 Å². The van der Waals surface area contributed by atoms with E-state index in [1.54, 1.807) is 0 Å². The first-order valence-electron chi connectivity index (χ1n) is 5.89. The molecule has 0 aromatic rings. The average Bonchev–Trinajstić information content (AvgIpc) is 2.24. The molecule has 0 spiro atoms. The number of hydrogen-bond acceptors (Lipinski definition) is 3. The van der Waals surface area contributed by atoms with Gasteiger partial charge in [-0.2, -0.15) is 0 Å². The molecule has 1 fully saturated rings. The van der Waals surface area contributed by atoms with E-state index < -0.39 is 11.8 Å². The summed E-state index contributed by atoms with van der Waals surface area (Å²) < 4.78 is 0. The Balaban J connectivity index is 2.26. The molecule has 0 heterocycles. The van der Waals surface area contributed by atoms with Crippen molar-refractivity contribution in [1.82, 2.24) is 10.6 Å².